The van der Waals surface area contributed by atoms with Gasteiger partial charge in [-0.05, 0) is 0 Å². The fourth-order valence-electron chi connectivity index (χ4n) is 0.876. The maximum atomic E-state index is 8.61. The molecular weight excluding hydrogens is 161 g/mol. The second-order valence-electron chi connectivity index (χ2n) is 2.33. The van der Waals surface area contributed by atoms with Crippen LogP contribution in [-0.4, -0.2) is 67.3 Å². The molecule has 0 aliphatic rings. The zero-order chi connectivity index (χ0) is 9.23. The van der Waals surface area contributed by atoms with Crippen molar-refractivity contribution in [3.05, 3.63) is 0 Å². The van der Waals surface area contributed by atoms with Crippen LogP contribution in [0.5, 0.6) is 0 Å². The number of hydrogen-bond acceptors (Lipinski definition) is 5. The summed E-state index contributed by atoms with van der Waals surface area (Å²) in [5.41, 5.74) is 0. The maximum absolute atomic E-state index is 8.61. The molecule has 0 aromatic rings. The summed E-state index contributed by atoms with van der Waals surface area (Å²) in [5.74, 6) is 0. The zero-order valence-electron chi connectivity index (χ0n) is 7.15. The van der Waals surface area contributed by atoms with E-state index in [4.69, 9.17) is 19.9 Å². The number of nitrogens with zero attached hydrogens (tertiary/aromatic N) is 1. The quantitative estimate of drug-likeness (QED) is 0.283. The predicted molar refractivity (Wildman–Crippen MR) is 45.9 cm³/mol. The lowest BCUT2D eigenvalue weighted by Crippen LogP contribution is -2.33. The van der Waals surface area contributed by atoms with Gasteiger partial charge in [0.2, 0.25) is 0 Å². The molecule has 0 amide bonds. The smallest absolute Gasteiger partial charge is 0.430 e. The first kappa shape index (κ1) is 11.9. The van der Waals surface area contributed by atoms with Gasteiger partial charge in [-0.15, -0.1) is 0 Å². The van der Waals surface area contributed by atoms with Crippen molar-refractivity contribution in [2.45, 2.75) is 0 Å². The SMILES string of the molecule is OBOCCN(CCO)CCO. The maximum Gasteiger partial charge on any atom is 0.435 e. The summed E-state index contributed by atoms with van der Waals surface area (Å²) in [7, 11) is -0.286. The molecule has 0 aromatic carbocycles. The number of rotatable bonds is 8. The van der Waals surface area contributed by atoms with Crippen LogP contribution < -0.4 is 0 Å². The van der Waals surface area contributed by atoms with Gasteiger partial charge in [0, 0.05) is 26.2 Å². The highest BCUT2D eigenvalue weighted by Crippen LogP contribution is 1.86. The monoisotopic (exact) mass is 177 g/mol. The Morgan fingerprint density at radius 1 is 1.08 bits per heavy atom. The largest absolute Gasteiger partial charge is 0.435 e. The van der Waals surface area contributed by atoms with E-state index in [1.807, 2.05) is 4.90 Å². The third-order valence-electron chi connectivity index (χ3n) is 1.48. The third-order valence-corrected chi connectivity index (χ3v) is 1.48. The van der Waals surface area contributed by atoms with E-state index in [0.717, 1.165) is 0 Å². The van der Waals surface area contributed by atoms with Gasteiger partial charge in [-0.1, -0.05) is 0 Å². The Morgan fingerprint density at radius 3 is 2.08 bits per heavy atom. The topological polar surface area (TPSA) is 73.2 Å². The Balaban J connectivity index is 3.34. The van der Waals surface area contributed by atoms with Gasteiger partial charge in [0.15, 0.2) is 0 Å². The van der Waals surface area contributed by atoms with Crippen LogP contribution in [0.2, 0.25) is 0 Å². The van der Waals surface area contributed by atoms with Crippen LogP contribution in [0.1, 0.15) is 0 Å². The average Bonchev–Trinajstić information content (AvgIpc) is 2.06. The lowest BCUT2D eigenvalue weighted by atomic mass is 10.4. The molecule has 0 rings (SSSR count). The molecule has 5 nitrogen and oxygen atoms in total. The van der Waals surface area contributed by atoms with Crippen molar-refractivity contribution in [2.75, 3.05) is 39.5 Å². The molecule has 0 bridgehead atoms. The molecule has 0 saturated carbocycles. The van der Waals surface area contributed by atoms with Crippen molar-refractivity contribution in [3.8, 4) is 0 Å². The molecule has 0 heterocycles. The van der Waals surface area contributed by atoms with E-state index in [1.165, 1.54) is 0 Å². The average molecular weight is 177 g/mol. The van der Waals surface area contributed by atoms with Crippen molar-refractivity contribution in [1.82, 2.24) is 4.90 Å². The van der Waals surface area contributed by atoms with Gasteiger partial charge in [-0.2, -0.15) is 0 Å². The number of aliphatic hydroxyl groups excluding tert-OH is 2. The van der Waals surface area contributed by atoms with Crippen LogP contribution in [0.4, 0.5) is 0 Å². The molecule has 0 saturated heterocycles. The van der Waals surface area contributed by atoms with E-state index < -0.39 is 0 Å². The van der Waals surface area contributed by atoms with Crippen molar-refractivity contribution in [3.63, 3.8) is 0 Å². The van der Waals surface area contributed by atoms with E-state index in [0.29, 0.717) is 26.2 Å². The summed E-state index contributed by atoms with van der Waals surface area (Å²) in [6, 6.07) is 0. The van der Waals surface area contributed by atoms with Gasteiger partial charge >= 0.3 is 7.69 Å². The Labute approximate surface area is 72.9 Å². The van der Waals surface area contributed by atoms with Crippen LogP contribution in [-0.2, 0) is 4.65 Å². The Hall–Kier alpha value is -0.135. The van der Waals surface area contributed by atoms with Gasteiger partial charge in [0.1, 0.15) is 0 Å². The molecule has 0 fully saturated rings. The molecule has 0 spiro atoms. The first-order chi connectivity index (χ1) is 5.85. The summed E-state index contributed by atoms with van der Waals surface area (Å²) >= 11 is 0. The number of aliphatic hydroxyl groups is 2. The molecule has 0 aliphatic heterocycles. The lowest BCUT2D eigenvalue weighted by molar-refractivity contribution is 0.139. The molecule has 3 N–H and O–H groups in total. The van der Waals surface area contributed by atoms with Crippen LogP contribution in [0.25, 0.3) is 0 Å². The summed E-state index contributed by atoms with van der Waals surface area (Å²) in [6.07, 6.45) is 0. The van der Waals surface area contributed by atoms with E-state index in [1.54, 1.807) is 0 Å². The summed E-state index contributed by atoms with van der Waals surface area (Å²) in [5, 5.41) is 25.5. The predicted octanol–water partition coefficient (Wildman–Crippen LogP) is -2.45. The molecular formula is C6H16BNO4. The van der Waals surface area contributed by atoms with Crippen molar-refractivity contribution in [1.29, 1.82) is 0 Å². The van der Waals surface area contributed by atoms with E-state index >= 15 is 0 Å². The third kappa shape index (κ3) is 6.57. The second-order valence-corrected chi connectivity index (χ2v) is 2.33. The van der Waals surface area contributed by atoms with E-state index in [9.17, 15) is 0 Å². The van der Waals surface area contributed by atoms with Gasteiger partial charge in [-0.25, -0.2) is 0 Å². The summed E-state index contributed by atoms with van der Waals surface area (Å²) < 4.78 is 4.71. The molecule has 0 aliphatic carbocycles. The van der Waals surface area contributed by atoms with Crippen LogP contribution in [0.15, 0.2) is 0 Å². The standard InChI is InChI=1S/C6H16BNO4/c9-4-1-8(2-5-10)3-6-12-7-11/h7,9-11H,1-6H2. The fraction of sp³-hybridized carbons (Fsp3) is 1.00. The molecule has 72 valence electrons. The molecule has 6 heteroatoms. The first-order valence-electron chi connectivity index (χ1n) is 3.97. The second kappa shape index (κ2) is 8.96. The van der Waals surface area contributed by atoms with Crippen molar-refractivity contribution in [2.24, 2.45) is 0 Å². The minimum absolute atomic E-state index is 0.0686. The first-order valence-corrected chi connectivity index (χ1v) is 3.97. The summed E-state index contributed by atoms with van der Waals surface area (Å²) in [4.78, 5) is 1.86. The van der Waals surface area contributed by atoms with E-state index in [-0.39, 0.29) is 20.9 Å². The van der Waals surface area contributed by atoms with Crippen molar-refractivity contribution < 1.29 is 19.9 Å². The normalized spacial score (nSPS) is 10.7. The van der Waals surface area contributed by atoms with Crippen molar-refractivity contribution >= 4 is 7.69 Å². The molecule has 0 unspecified atom stereocenters. The van der Waals surface area contributed by atoms with Crippen LogP contribution in [0.3, 0.4) is 0 Å². The molecule has 12 heavy (non-hydrogen) atoms. The molecule has 0 radical (unpaired) electrons. The molecule has 0 aromatic heterocycles. The minimum Gasteiger partial charge on any atom is -0.430 e. The highest BCUT2D eigenvalue weighted by Gasteiger charge is 2.02. The van der Waals surface area contributed by atoms with Gasteiger partial charge < -0.3 is 19.9 Å². The minimum atomic E-state index is -0.286. The van der Waals surface area contributed by atoms with Gasteiger partial charge in [0.25, 0.3) is 0 Å². The lowest BCUT2D eigenvalue weighted by Gasteiger charge is -2.19. The van der Waals surface area contributed by atoms with Gasteiger partial charge in [-0.3, -0.25) is 4.90 Å². The summed E-state index contributed by atoms with van der Waals surface area (Å²) in [6.45, 7) is 2.21. The van der Waals surface area contributed by atoms with Crippen LogP contribution in [0, 0.1) is 0 Å². The Morgan fingerprint density at radius 2 is 1.67 bits per heavy atom. The fourth-order valence-corrected chi connectivity index (χ4v) is 0.876. The Bertz CT molecular complexity index is 89.6. The van der Waals surface area contributed by atoms with E-state index in [2.05, 4.69) is 0 Å². The van der Waals surface area contributed by atoms with Crippen LogP contribution >= 0.6 is 0 Å². The van der Waals surface area contributed by atoms with Gasteiger partial charge in [0.05, 0.1) is 13.2 Å². The number of hydrogen-bond donors (Lipinski definition) is 3. The Kier molecular flexibility index (Phi) is 8.86. The highest BCUT2D eigenvalue weighted by molar-refractivity contribution is 6.15. The molecule has 0 atom stereocenters. The highest BCUT2D eigenvalue weighted by atomic mass is 16.5. The zero-order valence-corrected chi connectivity index (χ0v) is 7.15.